The van der Waals surface area contributed by atoms with Crippen LogP contribution in [0.5, 0.6) is 5.75 Å². The first kappa shape index (κ1) is 10.6. The number of hydrogen-bond acceptors (Lipinski definition) is 2. The van der Waals surface area contributed by atoms with E-state index < -0.39 is 0 Å². The molecule has 3 heteroatoms. The third-order valence-electron chi connectivity index (χ3n) is 2.07. The Balaban J connectivity index is 2.84. The van der Waals surface area contributed by atoms with E-state index in [1.54, 1.807) is 25.1 Å². The van der Waals surface area contributed by atoms with Crippen molar-refractivity contribution in [2.75, 3.05) is 5.32 Å². The summed E-state index contributed by atoms with van der Waals surface area (Å²) in [7, 11) is 0. The monoisotopic (exact) mass is 193 g/mol. The standard InChI is InChI=1S/C11H15NO2/c1-3-8-7-9(5-6-10(8)13)12-11(14)4-2/h5-7,13H,3-4H2,1-2H3,(H,12,14). The lowest BCUT2D eigenvalue weighted by Gasteiger charge is -2.06. The maximum atomic E-state index is 11.1. The second-order valence-electron chi connectivity index (χ2n) is 3.10. The van der Waals surface area contributed by atoms with Gasteiger partial charge in [0.15, 0.2) is 0 Å². The number of nitrogens with one attached hydrogen (secondary N) is 1. The topological polar surface area (TPSA) is 49.3 Å². The first-order chi connectivity index (χ1) is 6.67. The highest BCUT2D eigenvalue weighted by Gasteiger charge is 2.02. The maximum absolute atomic E-state index is 11.1. The zero-order valence-corrected chi connectivity index (χ0v) is 8.50. The minimum Gasteiger partial charge on any atom is -0.508 e. The van der Waals surface area contributed by atoms with Crippen molar-refractivity contribution in [3.05, 3.63) is 23.8 Å². The van der Waals surface area contributed by atoms with Crippen molar-refractivity contribution >= 4 is 11.6 Å². The van der Waals surface area contributed by atoms with Crippen LogP contribution in [0.1, 0.15) is 25.8 Å². The molecule has 14 heavy (non-hydrogen) atoms. The Labute approximate surface area is 83.8 Å². The van der Waals surface area contributed by atoms with Crippen molar-refractivity contribution in [3.8, 4) is 5.75 Å². The van der Waals surface area contributed by atoms with Gasteiger partial charge in [0.2, 0.25) is 5.91 Å². The van der Waals surface area contributed by atoms with E-state index in [9.17, 15) is 9.90 Å². The zero-order valence-electron chi connectivity index (χ0n) is 8.50. The molecule has 2 N–H and O–H groups in total. The lowest BCUT2D eigenvalue weighted by Crippen LogP contribution is -2.09. The van der Waals surface area contributed by atoms with Crippen LogP contribution in [-0.4, -0.2) is 11.0 Å². The highest BCUT2D eigenvalue weighted by molar-refractivity contribution is 5.90. The Hall–Kier alpha value is -1.51. The quantitative estimate of drug-likeness (QED) is 0.724. The summed E-state index contributed by atoms with van der Waals surface area (Å²) >= 11 is 0. The molecule has 0 aromatic heterocycles. The van der Waals surface area contributed by atoms with Gasteiger partial charge in [-0.1, -0.05) is 13.8 Å². The van der Waals surface area contributed by atoms with Crippen LogP contribution in [-0.2, 0) is 11.2 Å². The molecule has 0 bridgehead atoms. The summed E-state index contributed by atoms with van der Waals surface area (Å²) in [4.78, 5) is 11.1. The Kier molecular flexibility index (Phi) is 3.51. The zero-order chi connectivity index (χ0) is 10.6. The Bertz CT molecular complexity index is 334. The van der Waals surface area contributed by atoms with Gasteiger partial charge < -0.3 is 10.4 Å². The number of phenolic OH excluding ortho intramolecular Hbond substituents is 1. The highest BCUT2D eigenvalue weighted by Crippen LogP contribution is 2.21. The fraction of sp³-hybridized carbons (Fsp3) is 0.364. The van der Waals surface area contributed by atoms with Gasteiger partial charge in [0.05, 0.1) is 0 Å². The first-order valence-corrected chi connectivity index (χ1v) is 4.79. The molecule has 76 valence electrons. The largest absolute Gasteiger partial charge is 0.508 e. The Morgan fingerprint density at radius 2 is 2.14 bits per heavy atom. The van der Waals surface area contributed by atoms with Crippen LogP contribution in [0.2, 0.25) is 0 Å². The molecular formula is C11H15NO2. The molecule has 0 saturated heterocycles. The van der Waals surface area contributed by atoms with E-state index in [2.05, 4.69) is 5.32 Å². The number of phenols is 1. The molecule has 0 unspecified atom stereocenters. The number of benzene rings is 1. The third kappa shape index (κ3) is 2.49. The first-order valence-electron chi connectivity index (χ1n) is 4.79. The lowest BCUT2D eigenvalue weighted by molar-refractivity contribution is -0.115. The maximum Gasteiger partial charge on any atom is 0.224 e. The SMILES string of the molecule is CCC(=O)Nc1ccc(O)c(CC)c1. The Morgan fingerprint density at radius 3 is 2.71 bits per heavy atom. The van der Waals surface area contributed by atoms with Crippen molar-refractivity contribution < 1.29 is 9.90 Å². The fourth-order valence-corrected chi connectivity index (χ4v) is 1.20. The van der Waals surface area contributed by atoms with Gasteiger partial charge in [0.1, 0.15) is 5.75 Å². The number of anilines is 1. The van der Waals surface area contributed by atoms with Gasteiger partial charge in [-0.25, -0.2) is 0 Å². The van der Waals surface area contributed by atoms with E-state index in [1.165, 1.54) is 0 Å². The molecule has 1 aromatic carbocycles. The minimum absolute atomic E-state index is 0.0160. The molecule has 0 aliphatic rings. The van der Waals surface area contributed by atoms with E-state index in [0.717, 1.165) is 17.7 Å². The highest BCUT2D eigenvalue weighted by atomic mass is 16.3. The normalized spacial score (nSPS) is 9.86. The fourth-order valence-electron chi connectivity index (χ4n) is 1.20. The summed E-state index contributed by atoms with van der Waals surface area (Å²) in [5.74, 6) is 0.264. The molecule has 0 heterocycles. The van der Waals surface area contributed by atoms with Crippen LogP contribution in [0.3, 0.4) is 0 Å². The van der Waals surface area contributed by atoms with E-state index in [1.807, 2.05) is 6.92 Å². The average Bonchev–Trinajstić information content (AvgIpc) is 2.20. The number of rotatable bonds is 3. The van der Waals surface area contributed by atoms with Gasteiger partial charge in [-0.3, -0.25) is 4.79 Å². The van der Waals surface area contributed by atoms with Crippen molar-refractivity contribution in [3.63, 3.8) is 0 Å². The van der Waals surface area contributed by atoms with E-state index in [4.69, 9.17) is 0 Å². The molecule has 1 aromatic rings. The lowest BCUT2D eigenvalue weighted by atomic mass is 10.1. The number of aromatic hydroxyl groups is 1. The van der Waals surface area contributed by atoms with Gasteiger partial charge in [-0.05, 0) is 30.2 Å². The third-order valence-corrected chi connectivity index (χ3v) is 2.07. The van der Waals surface area contributed by atoms with Gasteiger partial charge in [-0.15, -0.1) is 0 Å². The molecule has 0 saturated carbocycles. The van der Waals surface area contributed by atoms with E-state index in [-0.39, 0.29) is 11.7 Å². The van der Waals surface area contributed by atoms with Crippen molar-refractivity contribution in [2.24, 2.45) is 0 Å². The predicted octanol–water partition coefficient (Wildman–Crippen LogP) is 2.30. The summed E-state index contributed by atoms with van der Waals surface area (Å²) in [6.07, 6.45) is 1.21. The van der Waals surface area contributed by atoms with Crippen LogP contribution >= 0.6 is 0 Å². The molecule has 0 radical (unpaired) electrons. The molecule has 1 amide bonds. The molecular weight excluding hydrogens is 178 g/mol. The number of aryl methyl sites for hydroxylation is 1. The molecule has 1 rings (SSSR count). The molecule has 3 nitrogen and oxygen atoms in total. The smallest absolute Gasteiger partial charge is 0.224 e. The molecule has 0 fully saturated rings. The van der Waals surface area contributed by atoms with Crippen LogP contribution in [0.4, 0.5) is 5.69 Å². The summed E-state index contributed by atoms with van der Waals surface area (Å²) in [6.45, 7) is 3.76. The number of carbonyl (C=O) groups is 1. The molecule has 0 aliphatic carbocycles. The van der Waals surface area contributed by atoms with Gasteiger partial charge >= 0.3 is 0 Å². The van der Waals surface area contributed by atoms with Gasteiger partial charge in [-0.2, -0.15) is 0 Å². The van der Waals surface area contributed by atoms with Gasteiger partial charge in [0.25, 0.3) is 0 Å². The average molecular weight is 193 g/mol. The molecule has 0 spiro atoms. The van der Waals surface area contributed by atoms with Crippen molar-refractivity contribution in [2.45, 2.75) is 26.7 Å². The van der Waals surface area contributed by atoms with Crippen LogP contribution < -0.4 is 5.32 Å². The number of carbonyl (C=O) groups excluding carboxylic acids is 1. The molecule has 0 aliphatic heterocycles. The Morgan fingerprint density at radius 1 is 1.43 bits per heavy atom. The van der Waals surface area contributed by atoms with Crippen LogP contribution in [0.15, 0.2) is 18.2 Å². The summed E-state index contributed by atoms with van der Waals surface area (Å²) in [5, 5.41) is 12.2. The van der Waals surface area contributed by atoms with Crippen LogP contribution in [0, 0.1) is 0 Å². The predicted molar refractivity (Wildman–Crippen MR) is 56.4 cm³/mol. The molecule has 0 atom stereocenters. The van der Waals surface area contributed by atoms with Crippen molar-refractivity contribution in [1.29, 1.82) is 0 Å². The second-order valence-corrected chi connectivity index (χ2v) is 3.10. The summed E-state index contributed by atoms with van der Waals surface area (Å²) in [5.41, 5.74) is 1.59. The minimum atomic E-state index is -0.0160. The van der Waals surface area contributed by atoms with Crippen LogP contribution in [0.25, 0.3) is 0 Å². The van der Waals surface area contributed by atoms with Gasteiger partial charge in [0, 0.05) is 12.1 Å². The van der Waals surface area contributed by atoms with Crippen molar-refractivity contribution in [1.82, 2.24) is 0 Å². The van der Waals surface area contributed by atoms with E-state index in [0.29, 0.717) is 6.42 Å². The second kappa shape index (κ2) is 4.65. The number of amides is 1. The summed E-state index contributed by atoms with van der Waals surface area (Å²) in [6, 6.07) is 5.09. The summed E-state index contributed by atoms with van der Waals surface area (Å²) < 4.78 is 0. The van der Waals surface area contributed by atoms with E-state index >= 15 is 0 Å². The number of hydrogen-bond donors (Lipinski definition) is 2.